The number of carbonyl (C=O) groups excluding carboxylic acids is 2. The van der Waals surface area contributed by atoms with E-state index in [9.17, 15) is 9.59 Å². The Balaban J connectivity index is 1.70. The standard InChI is InChI=1S/C26H33NO3/c1-6-30-23(28)14-9-18-7-10-19(11-8-18)24(29)27-20-12-13-21-22(17-20)26(4,5)16-15-25(21,2)3/h7-8,10-13,17H,6,9,14-16H2,1-5H3,(H,27,29). The van der Waals surface area contributed by atoms with Crippen molar-refractivity contribution in [1.82, 2.24) is 0 Å². The largest absolute Gasteiger partial charge is 0.466 e. The Bertz CT molecular complexity index is 926. The third-order valence-corrected chi connectivity index (χ3v) is 6.25. The Morgan fingerprint density at radius 2 is 1.57 bits per heavy atom. The molecule has 1 aliphatic carbocycles. The summed E-state index contributed by atoms with van der Waals surface area (Å²) in [5, 5.41) is 3.05. The third-order valence-electron chi connectivity index (χ3n) is 6.25. The predicted octanol–water partition coefficient (Wildman–Crippen LogP) is 5.78. The van der Waals surface area contributed by atoms with Crippen LogP contribution in [0, 0.1) is 0 Å². The van der Waals surface area contributed by atoms with Crippen LogP contribution in [-0.2, 0) is 26.8 Å². The fraction of sp³-hybridized carbons (Fsp3) is 0.462. The fourth-order valence-electron chi connectivity index (χ4n) is 4.17. The first-order chi connectivity index (χ1) is 14.1. The summed E-state index contributed by atoms with van der Waals surface area (Å²) in [5.41, 5.74) is 5.41. The molecule has 4 nitrogen and oxygen atoms in total. The van der Waals surface area contributed by atoms with Crippen molar-refractivity contribution in [2.75, 3.05) is 11.9 Å². The Morgan fingerprint density at radius 1 is 0.933 bits per heavy atom. The minimum atomic E-state index is -0.196. The average molecular weight is 408 g/mol. The van der Waals surface area contributed by atoms with Crippen molar-refractivity contribution in [2.45, 2.75) is 71.1 Å². The maximum atomic E-state index is 12.7. The van der Waals surface area contributed by atoms with Gasteiger partial charge in [0.15, 0.2) is 0 Å². The van der Waals surface area contributed by atoms with E-state index >= 15 is 0 Å². The molecule has 0 unspecified atom stereocenters. The van der Waals surface area contributed by atoms with Crippen LogP contribution < -0.4 is 5.32 Å². The maximum absolute atomic E-state index is 12.7. The first kappa shape index (κ1) is 22.1. The number of ether oxygens (including phenoxy) is 1. The zero-order valence-electron chi connectivity index (χ0n) is 18.8. The lowest BCUT2D eigenvalue weighted by Crippen LogP contribution is -2.33. The van der Waals surface area contributed by atoms with Crippen LogP contribution in [0.1, 0.15) is 80.9 Å². The molecule has 0 aliphatic heterocycles. The van der Waals surface area contributed by atoms with E-state index in [1.54, 1.807) is 19.1 Å². The molecule has 0 spiro atoms. The molecule has 30 heavy (non-hydrogen) atoms. The van der Waals surface area contributed by atoms with Gasteiger partial charge in [0.2, 0.25) is 0 Å². The number of benzene rings is 2. The van der Waals surface area contributed by atoms with Crippen molar-refractivity contribution in [2.24, 2.45) is 0 Å². The minimum absolute atomic E-state index is 0.103. The van der Waals surface area contributed by atoms with E-state index in [1.807, 2.05) is 18.2 Å². The van der Waals surface area contributed by atoms with Gasteiger partial charge in [-0.15, -0.1) is 0 Å². The van der Waals surface area contributed by atoms with E-state index in [1.165, 1.54) is 17.5 Å². The van der Waals surface area contributed by atoms with Crippen LogP contribution in [0.25, 0.3) is 0 Å². The second kappa shape index (κ2) is 8.63. The Hall–Kier alpha value is -2.62. The zero-order valence-corrected chi connectivity index (χ0v) is 18.8. The van der Waals surface area contributed by atoms with Gasteiger partial charge in [0.05, 0.1) is 6.61 Å². The Labute approximate surface area is 180 Å². The second-order valence-electron chi connectivity index (χ2n) is 9.48. The number of hydrogen-bond donors (Lipinski definition) is 1. The van der Waals surface area contributed by atoms with Crippen molar-refractivity contribution in [3.8, 4) is 0 Å². The third kappa shape index (κ3) is 4.92. The molecule has 1 amide bonds. The van der Waals surface area contributed by atoms with Gasteiger partial charge < -0.3 is 10.1 Å². The molecular weight excluding hydrogens is 374 g/mol. The molecule has 0 atom stereocenters. The monoisotopic (exact) mass is 407 g/mol. The van der Waals surface area contributed by atoms with Crippen molar-refractivity contribution in [1.29, 1.82) is 0 Å². The van der Waals surface area contributed by atoms with E-state index in [0.717, 1.165) is 17.7 Å². The van der Waals surface area contributed by atoms with Crippen molar-refractivity contribution in [3.05, 3.63) is 64.7 Å². The van der Waals surface area contributed by atoms with Crippen LogP contribution >= 0.6 is 0 Å². The highest BCUT2D eigenvalue weighted by atomic mass is 16.5. The smallest absolute Gasteiger partial charge is 0.306 e. The number of esters is 1. The molecule has 0 saturated carbocycles. The first-order valence-electron chi connectivity index (χ1n) is 10.8. The van der Waals surface area contributed by atoms with Crippen LogP contribution in [0.3, 0.4) is 0 Å². The summed E-state index contributed by atoms with van der Waals surface area (Å²) in [7, 11) is 0. The van der Waals surface area contributed by atoms with Crippen LogP contribution in [-0.4, -0.2) is 18.5 Å². The van der Waals surface area contributed by atoms with Crippen LogP contribution in [0.2, 0.25) is 0 Å². The molecule has 1 aliphatic rings. The Kier molecular flexibility index (Phi) is 6.35. The molecule has 0 bridgehead atoms. The molecule has 0 saturated heterocycles. The Morgan fingerprint density at radius 3 is 2.20 bits per heavy atom. The number of rotatable bonds is 6. The molecule has 4 heteroatoms. The van der Waals surface area contributed by atoms with Gasteiger partial charge in [-0.25, -0.2) is 0 Å². The molecule has 0 aromatic heterocycles. The van der Waals surface area contributed by atoms with E-state index in [4.69, 9.17) is 4.74 Å². The maximum Gasteiger partial charge on any atom is 0.306 e. The van der Waals surface area contributed by atoms with Gasteiger partial charge in [-0.3, -0.25) is 9.59 Å². The highest BCUT2D eigenvalue weighted by Crippen LogP contribution is 2.46. The molecule has 0 heterocycles. The predicted molar refractivity (Wildman–Crippen MR) is 121 cm³/mol. The van der Waals surface area contributed by atoms with Gasteiger partial charge >= 0.3 is 5.97 Å². The second-order valence-corrected chi connectivity index (χ2v) is 9.48. The van der Waals surface area contributed by atoms with Gasteiger partial charge in [-0.05, 0) is 78.0 Å². The summed E-state index contributed by atoms with van der Waals surface area (Å²) >= 11 is 0. The van der Waals surface area contributed by atoms with E-state index in [0.29, 0.717) is 25.0 Å². The molecule has 160 valence electrons. The minimum Gasteiger partial charge on any atom is -0.466 e. The van der Waals surface area contributed by atoms with E-state index in [2.05, 4.69) is 45.1 Å². The molecule has 1 N–H and O–H groups in total. The quantitative estimate of drug-likeness (QED) is 0.617. The van der Waals surface area contributed by atoms with Gasteiger partial charge in [-0.1, -0.05) is 45.9 Å². The van der Waals surface area contributed by atoms with Crippen molar-refractivity contribution < 1.29 is 14.3 Å². The van der Waals surface area contributed by atoms with Crippen LogP contribution in [0.15, 0.2) is 42.5 Å². The number of amides is 1. The lowest BCUT2D eigenvalue weighted by molar-refractivity contribution is -0.143. The van der Waals surface area contributed by atoms with E-state index < -0.39 is 0 Å². The first-order valence-corrected chi connectivity index (χ1v) is 10.8. The van der Waals surface area contributed by atoms with Crippen LogP contribution in [0.5, 0.6) is 0 Å². The number of carbonyl (C=O) groups is 2. The van der Waals surface area contributed by atoms with Crippen molar-refractivity contribution >= 4 is 17.6 Å². The fourth-order valence-corrected chi connectivity index (χ4v) is 4.17. The number of aryl methyl sites for hydroxylation is 1. The highest BCUT2D eigenvalue weighted by molar-refractivity contribution is 6.04. The number of nitrogens with one attached hydrogen (secondary N) is 1. The van der Waals surface area contributed by atoms with Gasteiger partial charge in [-0.2, -0.15) is 0 Å². The molecule has 0 radical (unpaired) electrons. The van der Waals surface area contributed by atoms with Crippen LogP contribution in [0.4, 0.5) is 5.69 Å². The van der Waals surface area contributed by atoms with Gasteiger partial charge in [0.25, 0.3) is 5.91 Å². The number of hydrogen-bond acceptors (Lipinski definition) is 3. The number of anilines is 1. The van der Waals surface area contributed by atoms with Gasteiger partial charge in [0.1, 0.15) is 0 Å². The summed E-state index contributed by atoms with van der Waals surface area (Å²) in [6.45, 7) is 11.3. The summed E-state index contributed by atoms with van der Waals surface area (Å²) < 4.78 is 4.96. The topological polar surface area (TPSA) is 55.4 Å². The summed E-state index contributed by atoms with van der Waals surface area (Å²) in [5.74, 6) is -0.322. The SMILES string of the molecule is CCOC(=O)CCc1ccc(C(=O)Nc2ccc3c(c2)C(C)(C)CCC3(C)C)cc1. The highest BCUT2D eigenvalue weighted by Gasteiger charge is 2.37. The average Bonchev–Trinajstić information content (AvgIpc) is 2.70. The molecular formula is C26H33NO3. The molecule has 3 rings (SSSR count). The van der Waals surface area contributed by atoms with Gasteiger partial charge in [0, 0.05) is 17.7 Å². The summed E-state index contributed by atoms with van der Waals surface area (Å²) in [6, 6.07) is 13.7. The zero-order chi connectivity index (χ0) is 21.9. The molecule has 2 aromatic carbocycles. The molecule has 0 fully saturated rings. The lowest BCUT2D eigenvalue weighted by Gasteiger charge is -2.42. The normalized spacial score (nSPS) is 16.4. The summed E-state index contributed by atoms with van der Waals surface area (Å²) in [4.78, 5) is 24.2. The molecule has 2 aromatic rings. The van der Waals surface area contributed by atoms with Crippen molar-refractivity contribution in [3.63, 3.8) is 0 Å². The van der Waals surface area contributed by atoms with E-state index in [-0.39, 0.29) is 22.7 Å². The summed E-state index contributed by atoms with van der Waals surface area (Å²) in [6.07, 6.45) is 3.26. The lowest BCUT2D eigenvalue weighted by atomic mass is 9.63. The number of fused-ring (bicyclic) bond motifs is 1.